The van der Waals surface area contributed by atoms with Crippen molar-refractivity contribution >= 4 is 11.8 Å². The first-order valence-electron chi connectivity index (χ1n) is 10.1. The van der Waals surface area contributed by atoms with Crippen LogP contribution < -0.4 is 15.8 Å². The third-order valence-electron chi connectivity index (χ3n) is 6.06. The highest BCUT2D eigenvalue weighted by atomic mass is 16.5. The first-order valence-corrected chi connectivity index (χ1v) is 10.1. The second-order valence-electron chi connectivity index (χ2n) is 7.91. The fourth-order valence-electron chi connectivity index (χ4n) is 4.01. The van der Waals surface area contributed by atoms with E-state index in [2.05, 4.69) is 5.32 Å². The van der Waals surface area contributed by atoms with Gasteiger partial charge in [-0.3, -0.25) is 9.59 Å². The van der Waals surface area contributed by atoms with Crippen LogP contribution in [0.4, 0.5) is 0 Å². The van der Waals surface area contributed by atoms with Crippen molar-refractivity contribution in [2.45, 2.75) is 43.8 Å². The zero-order valence-corrected chi connectivity index (χ0v) is 16.7. The SMILES string of the molecule is COc1ccc(CN2CCC(NC(=O)C3(c4ccc(CN)cc4)CC3)C2=O)cc1. The predicted octanol–water partition coefficient (Wildman–Crippen LogP) is 2.10. The van der Waals surface area contributed by atoms with Crippen molar-refractivity contribution in [3.63, 3.8) is 0 Å². The van der Waals surface area contributed by atoms with Crippen molar-refractivity contribution in [2.75, 3.05) is 13.7 Å². The van der Waals surface area contributed by atoms with Gasteiger partial charge >= 0.3 is 0 Å². The predicted molar refractivity (Wildman–Crippen MR) is 110 cm³/mol. The number of hydrogen-bond acceptors (Lipinski definition) is 4. The van der Waals surface area contributed by atoms with Crippen molar-refractivity contribution in [1.82, 2.24) is 10.2 Å². The molecule has 6 nitrogen and oxygen atoms in total. The van der Waals surface area contributed by atoms with Gasteiger partial charge in [-0.1, -0.05) is 36.4 Å². The van der Waals surface area contributed by atoms with Crippen molar-refractivity contribution < 1.29 is 14.3 Å². The molecule has 2 fully saturated rings. The van der Waals surface area contributed by atoms with Crippen LogP contribution in [0.5, 0.6) is 5.75 Å². The molecule has 2 aliphatic rings. The minimum atomic E-state index is -0.489. The highest BCUT2D eigenvalue weighted by Gasteiger charge is 2.52. The second kappa shape index (κ2) is 7.87. The third-order valence-corrected chi connectivity index (χ3v) is 6.06. The first-order chi connectivity index (χ1) is 14.1. The lowest BCUT2D eigenvalue weighted by atomic mass is 9.93. The Balaban J connectivity index is 1.38. The van der Waals surface area contributed by atoms with E-state index in [0.29, 0.717) is 26.1 Å². The van der Waals surface area contributed by atoms with E-state index in [1.165, 1.54) is 0 Å². The Bertz CT molecular complexity index is 889. The molecule has 2 aromatic carbocycles. The monoisotopic (exact) mass is 393 g/mol. The van der Waals surface area contributed by atoms with Crippen molar-refractivity contribution in [3.8, 4) is 5.75 Å². The number of nitrogens with two attached hydrogens (primary N) is 1. The Labute approximate surface area is 171 Å². The first kappa shape index (κ1) is 19.5. The number of likely N-dealkylation sites (tertiary alicyclic amines) is 1. The molecule has 1 heterocycles. The van der Waals surface area contributed by atoms with Gasteiger partial charge in [-0.2, -0.15) is 0 Å². The van der Waals surface area contributed by atoms with Gasteiger partial charge in [0.05, 0.1) is 12.5 Å². The summed E-state index contributed by atoms with van der Waals surface area (Å²) in [5.41, 5.74) is 8.27. The van der Waals surface area contributed by atoms with Gasteiger partial charge in [-0.05, 0) is 48.1 Å². The Morgan fingerprint density at radius 2 is 1.79 bits per heavy atom. The van der Waals surface area contributed by atoms with Gasteiger partial charge in [0.2, 0.25) is 11.8 Å². The molecule has 0 spiro atoms. The number of methoxy groups -OCH3 is 1. The Morgan fingerprint density at radius 1 is 1.14 bits per heavy atom. The van der Waals surface area contributed by atoms with Crippen LogP contribution in [0.25, 0.3) is 0 Å². The lowest BCUT2D eigenvalue weighted by Crippen LogP contribution is -2.45. The number of nitrogens with one attached hydrogen (secondary N) is 1. The van der Waals surface area contributed by atoms with Crippen LogP contribution in [0.1, 0.15) is 36.0 Å². The van der Waals surface area contributed by atoms with Gasteiger partial charge in [-0.25, -0.2) is 0 Å². The smallest absolute Gasteiger partial charge is 0.245 e. The van der Waals surface area contributed by atoms with Gasteiger partial charge < -0.3 is 20.7 Å². The number of amides is 2. The summed E-state index contributed by atoms with van der Waals surface area (Å²) in [6.07, 6.45) is 2.28. The molecule has 0 aromatic heterocycles. The molecular weight excluding hydrogens is 366 g/mol. The Hall–Kier alpha value is -2.86. The van der Waals surface area contributed by atoms with Crippen LogP contribution in [0.2, 0.25) is 0 Å². The summed E-state index contributed by atoms with van der Waals surface area (Å²) >= 11 is 0. The van der Waals surface area contributed by atoms with Gasteiger partial charge in [0.25, 0.3) is 0 Å². The molecule has 3 N–H and O–H groups in total. The third kappa shape index (κ3) is 3.85. The molecule has 1 atom stereocenters. The molecule has 1 saturated carbocycles. The Morgan fingerprint density at radius 3 is 2.38 bits per heavy atom. The maximum Gasteiger partial charge on any atom is 0.245 e. The summed E-state index contributed by atoms with van der Waals surface area (Å²) in [4.78, 5) is 27.6. The van der Waals surface area contributed by atoms with Crippen LogP contribution in [-0.4, -0.2) is 36.4 Å². The van der Waals surface area contributed by atoms with Gasteiger partial charge in [0.15, 0.2) is 0 Å². The highest BCUT2D eigenvalue weighted by molar-refractivity contribution is 5.95. The van der Waals surface area contributed by atoms with Crippen molar-refractivity contribution in [3.05, 3.63) is 65.2 Å². The topological polar surface area (TPSA) is 84.7 Å². The van der Waals surface area contributed by atoms with E-state index >= 15 is 0 Å². The summed E-state index contributed by atoms with van der Waals surface area (Å²) in [5, 5.41) is 3.02. The summed E-state index contributed by atoms with van der Waals surface area (Å²) < 4.78 is 5.17. The molecule has 2 amide bonds. The summed E-state index contributed by atoms with van der Waals surface area (Å²) in [7, 11) is 1.63. The average molecular weight is 393 g/mol. The van der Waals surface area contributed by atoms with E-state index in [1.54, 1.807) is 7.11 Å². The van der Waals surface area contributed by atoms with Crippen molar-refractivity contribution in [1.29, 1.82) is 0 Å². The minimum absolute atomic E-state index is 0.0107. The molecule has 2 aromatic rings. The Kier molecular flexibility index (Phi) is 5.28. The lowest BCUT2D eigenvalue weighted by Gasteiger charge is -2.20. The standard InChI is InChI=1S/C23H27N3O3/c1-29-19-8-4-17(5-9-19)15-26-13-10-20(21(26)27)25-22(28)23(11-12-23)18-6-2-16(14-24)3-7-18/h2-9,20H,10-15,24H2,1H3,(H,25,28). The van der Waals surface area contributed by atoms with Gasteiger partial charge in [-0.15, -0.1) is 0 Å². The molecule has 152 valence electrons. The number of rotatable bonds is 7. The molecule has 6 heteroatoms. The fourth-order valence-corrected chi connectivity index (χ4v) is 4.01. The minimum Gasteiger partial charge on any atom is -0.497 e. The number of carbonyl (C=O) groups is 2. The van der Waals surface area contributed by atoms with Gasteiger partial charge in [0, 0.05) is 19.6 Å². The van der Waals surface area contributed by atoms with Crippen LogP contribution in [0, 0.1) is 0 Å². The molecule has 29 heavy (non-hydrogen) atoms. The second-order valence-corrected chi connectivity index (χ2v) is 7.91. The van der Waals surface area contributed by atoms with Crippen LogP contribution >= 0.6 is 0 Å². The van der Waals surface area contributed by atoms with Crippen LogP contribution in [0.15, 0.2) is 48.5 Å². The van der Waals surface area contributed by atoms with E-state index < -0.39 is 11.5 Å². The summed E-state index contributed by atoms with van der Waals surface area (Å²) in [6.45, 7) is 1.68. The molecule has 1 unspecified atom stereocenters. The molecular formula is C23H27N3O3. The number of ether oxygens (including phenoxy) is 1. The molecule has 1 aliphatic heterocycles. The highest BCUT2D eigenvalue weighted by Crippen LogP contribution is 2.48. The van der Waals surface area contributed by atoms with E-state index in [0.717, 1.165) is 35.3 Å². The average Bonchev–Trinajstić information content (AvgIpc) is 3.51. The maximum atomic E-state index is 13.0. The largest absolute Gasteiger partial charge is 0.497 e. The number of hydrogen-bond donors (Lipinski definition) is 2. The molecule has 1 aliphatic carbocycles. The quantitative estimate of drug-likeness (QED) is 0.755. The van der Waals surface area contributed by atoms with Crippen LogP contribution in [0.3, 0.4) is 0 Å². The molecule has 0 bridgehead atoms. The van der Waals surface area contributed by atoms with E-state index in [-0.39, 0.29) is 11.8 Å². The van der Waals surface area contributed by atoms with Crippen molar-refractivity contribution in [2.24, 2.45) is 5.73 Å². The lowest BCUT2D eigenvalue weighted by molar-refractivity contribution is -0.133. The number of benzene rings is 2. The molecule has 4 rings (SSSR count). The maximum absolute atomic E-state index is 13.0. The van der Waals surface area contributed by atoms with Gasteiger partial charge in [0.1, 0.15) is 11.8 Å². The van der Waals surface area contributed by atoms with E-state index in [1.807, 2.05) is 53.4 Å². The fraction of sp³-hybridized carbons (Fsp3) is 0.391. The summed E-state index contributed by atoms with van der Waals surface area (Å²) in [6, 6.07) is 15.2. The number of nitrogens with zero attached hydrogens (tertiary/aromatic N) is 1. The van der Waals surface area contributed by atoms with E-state index in [4.69, 9.17) is 10.5 Å². The number of carbonyl (C=O) groups excluding carboxylic acids is 2. The zero-order valence-electron chi connectivity index (χ0n) is 16.7. The molecule has 0 radical (unpaired) electrons. The zero-order chi connectivity index (χ0) is 20.4. The van der Waals surface area contributed by atoms with E-state index in [9.17, 15) is 9.59 Å². The molecule has 1 saturated heterocycles. The normalized spacial score (nSPS) is 19.9. The summed E-state index contributed by atoms with van der Waals surface area (Å²) in [5.74, 6) is 0.743. The van der Waals surface area contributed by atoms with Crippen LogP contribution in [-0.2, 0) is 28.1 Å².